The van der Waals surface area contributed by atoms with E-state index in [2.05, 4.69) is 0 Å². The van der Waals surface area contributed by atoms with Crippen molar-refractivity contribution >= 4 is 34.7 Å². The number of alkyl halides is 1. The number of hydrogen-bond donors (Lipinski definition) is 0. The predicted octanol–water partition coefficient (Wildman–Crippen LogP) is 0.796. The van der Waals surface area contributed by atoms with E-state index in [1.54, 1.807) is 0 Å². The van der Waals surface area contributed by atoms with Crippen LogP contribution in [-0.4, -0.2) is 29.2 Å². The topological polar surface area (TPSA) is 77.5 Å². The summed E-state index contributed by atoms with van der Waals surface area (Å²) in [6.45, 7) is 0. The molecule has 5 nitrogen and oxygen atoms in total. The molecule has 0 spiro atoms. The third-order valence-corrected chi connectivity index (χ3v) is 2.61. The van der Waals surface area contributed by atoms with Crippen LogP contribution in [0.25, 0.3) is 0 Å². The first-order chi connectivity index (χ1) is 9.04. The minimum Gasteiger partial charge on any atom is -0.473 e. The molecular formula is C13H7ClO5. The Balaban J connectivity index is 2.58. The van der Waals surface area contributed by atoms with Crippen LogP contribution in [0.3, 0.4) is 0 Å². The minimum absolute atomic E-state index is 0.157. The van der Waals surface area contributed by atoms with Crippen LogP contribution in [0, 0.1) is 0 Å². The van der Waals surface area contributed by atoms with Crippen molar-refractivity contribution in [1.29, 1.82) is 0 Å². The van der Waals surface area contributed by atoms with Gasteiger partial charge in [0.15, 0.2) is 29.2 Å². The molecule has 0 aliphatic heterocycles. The van der Waals surface area contributed by atoms with E-state index in [1.807, 2.05) is 0 Å². The summed E-state index contributed by atoms with van der Waals surface area (Å²) >= 11 is 5.39. The Labute approximate surface area is 112 Å². The van der Waals surface area contributed by atoms with E-state index in [-0.39, 0.29) is 23.0 Å². The lowest BCUT2D eigenvalue weighted by atomic mass is 9.89. The van der Waals surface area contributed by atoms with Gasteiger partial charge in [-0.1, -0.05) is 11.6 Å². The smallest absolute Gasteiger partial charge is 0.221 e. The average Bonchev–Trinajstić information content (AvgIpc) is 2.38. The molecule has 0 heterocycles. The number of rotatable bonds is 3. The van der Waals surface area contributed by atoms with Gasteiger partial charge in [-0.05, 0) is 30.4 Å². The van der Waals surface area contributed by atoms with Gasteiger partial charge in [0.05, 0.1) is 5.57 Å². The average molecular weight is 279 g/mol. The second kappa shape index (κ2) is 5.16. The maximum Gasteiger partial charge on any atom is 0.221 e. The number of halogens is 1. The van der Waals surface area contributed by atoms with Crippen molar-refractivity contribution in [2.45, 2.75) is 0 Å². The van der Waals surface area contributed by atoms with Crippen LogP contribution in [0.1, 0.15) is 0 Å². The van der Waals surface area contributed by atoms with Gasteiger partial charge in [0.1, 0.15) is 0 Å². The Hall–Kier alpha value is -2.27. The fourth-order valence-electron chi connectivity index (χ4n) is 1.70. The number of hydrogen-bond acceptors (Lipinski definition) is 5. The second-order valence-electron chi connectivity index (χ2n) is 3.68. The number of ketones is 4. The zero-order valence-electron chi connectivity index (χ0n) is 9.51. The van der Waals surface area contributed by atoms with Gasteiger partial charge in [-0.3, -0.25) is 19.2 Å². The number of carbonyl (C=O) groups excluding carboxylic acids is 4. The molecule has 0 aromatic carbocycles. The van der Waals surface area contributed by atoms with Crippen molar-refractivity contribution in [1.82, 2.24) is 0 Å². The van der Waals surface area contributed by atoms with Gasteiger partial charge in [0.25, 0.3) is 0 Å². The van der Waals surface area contributed by atoms with Crippen LogP contribution < -0.4 is 0 Å². The summed E-state index contributed by atoms with van der Waals surface area (Å²) < 4.78 is 4.91. The summed E-state index contributed by atoms with van der Waals surface area (Å²) in [5.74, 6) is -2.46. The SMILES string of the molecule is O=C1C=CC(=O)C(C2=C(OCCl)C(=O)C=CC2=O)=C1. The molecule has 6 heteroatoms. The molecule has 2 aliphatic carbocycles. The number of ether oxygens (including phenoxy) is 1. The molecule has 19 heavy (non-hydrogen) atoms. The number of allylic oxidation sites excluding steroid dienone is 7. The van der Waals surface area contributed by atoms with E-state index in [4.69, 9.17) is 16.3 Å². The first-order valence-electron chi connectivity index (χ1n) is 5.23. The molecule has 96 valence electrons. The molecule has 0 aromatic rings. The maximum atomic E-state index is 11.8. The third kappa shape index (κ3) is 2.46. The van der Waals surface area contributed by atoms with Gasteiger partial charge >= 0.3 is 0 Å². The fraction of sp³-hybridized carbons (Fsp3) is 0.0769. The van der Waals surface area contributed by atoms with E-state index < -0.39 is 23.1 Å². The fourth-order valence-corrected chi connectivity index (χ4v) is 1.81. The second-order valence-corrected chi connectivity index (χ2v) is 3.90. The van der Waals surface area contributed by atoms with Gasteiger partial charge in [-0.2, -0.15) is 0 Å². The molecule has 0 radical (unpaired) electrons. The Morgan fingerprint density at radius 2 is 1.53 bits per heavy atom. The largest absolute Gasteiger partial charge is 0.473 e. The molecule has 0 N–H and O–H groups in total. The molecule has 0 bridgehead atoms. The molecule has 0 saturated heterocycles. The molecule has 0 fully saturated rings. The van der Waals surface area contributed by atoms with E-state index in [0.717, 1.165) is 30.4 Å². The summed E-state index contributed by atoms with van der Waals surface area (Å²) in [6, 6.07) is -0.350. The Morgan fingerprint density at radius 3 is 2.21 bits per heavy atom. The Kier molecular flexibility index (Phi) is 3.57. The minimum atomic E-state index is -0.581. The highest BCUT2D eigenvalue weighted by molar-refractivity contribution is 6.30. The van der Waals surface area contributed by atoms with Crippen molar-refractivity contribution in [2.24, 2.45) is 0 Å². The third-order valence-electron chi connectivity index (χ3n) is 2.50. The first-order valence-corrected chi connectivity index (χ1v) is 5.76. The molecular weight excluding hydrogens is 272 g/mol. The van der Waals surface area contributed by atoms with Crippen molar-refractivity contribution in [3.8, 4) is 0 Å². The van der Waals surface area contributed by atoms with Crippen LogP contribution in [0.2, 0.25) is 0 Å². The van der Waals surface area contributed by atoms with Crippen molar-refractivity contribution < 1.29 is 23.9 Å². The van der Waals surface area contributed by atoms with Crippen LogP contribution in [-0.2, 0) is 23.9 Å². The van der Waals surface area contributed by atoms with Crippen LogP contribution >= 0.6 is 11.6 Å². The van der Waals surface area contributed by atoms with Crippen LogP contribution in [0.15, 0.2) is 47.3 Å². The van der Waals surface area contributed by atoms with Gasteiger partial charge in [-0.15, -0.1) is 0 Å². The van der Waals surface area contributed by atoms with Gasteiger partial charge in [-0.25, -0.2) is 0 Å². The number of carbonyl (C=O) groups is 4. The molecule has 0 unspecified atom stereocenters. The van der Waals surface area contributed by atoms with Crippen LogP contribution in [0.4, 0.5) is 0 Å². The lowest BCUT2D eigenvalue weighted by molar-refractivity contribution is -0.118. The summed E-state index contributed by atoms with van der Waals surface area (Å²) in [6.07, 6.45) is 5.17. The molecule has 0 atom stereocenters. The Bertz CT molecular complexity index is 619. The van der Waals surface area contributed by atoms with Crippen LogP contribution in [0.5, 0.6) is 0 Å². The van der Waals surface area contributed by atoms with Gasteiger partial charge < -0.3 is 4.74 Å². The van der Waals surface area contributed by atoms with Crippen molar-refractivity contribution in [2.75, 3.05) is 6.07 Å². The highest BCUT2D eigenvalue weighted by Gasteiger charge is 2.30. The van der Waals surface area contributed by atoms with E-state index in [0.29, 0.717) is 0 Å². The van der Waals surface area contributed by atoms with Gasteiger partial charge in [0.2, 0.25) is 5.78 Å². The Morgan fingerprint density at radius 1 is 0.895 bits per heavy atom. The standard InChI is InChI=1S/C13H7ClO5/c14-6-19-13-11(18)4-3-10(17)12(13)8-5-7(15)1-2-9(8)16/h1-5H,6H2. The predicted molar refractivity (Wildman–Crippen MR) is 65.2 cm³/mol. The quantitative estimate of drug-likeness (QED) is 0.563. The molecule has 0 saturated carbocycles. The molecule has 2 aliphatic rings. The summed E-state index contributed by atoms with van der Waals surface area (Å²) in [4.78, 5) is 46.5. The summed E-state index contributed by atoms with van der Waals surface area (Å²) in [5.41, 5.74) is -0.383. The summed E-state index contributed by atoms with van der Waals surface area (Å²) in [7, 11) is 0. The van der Waals surface area contributed by atoms with Crippen molar-refractivity contribution in [3.63, 3.8) is 0 Å². The molecule has 2 rings (SSSR count). The first kappa shape index (κ1) is 13.2. The van der Waals surface area contributed by atoms with Gasteiger partial charge in [0, 0.05) is 5.57 Å². The van der Waals surface area contributed by atoms with E-state index in [9.17, 15) is 19.2 Å². The highest BCUT2D eigenvalue weighted by Crippen LogP contribution is 2.25. The van der Waals surface area contributed by atoms with E-state index in [1.165, 1.54) is 0 Å². The monoisotopic (exact) mass is 278 g/mol. The molecule has 0 aromatic heterocycles. The van der Waals surface area contributed by atoms with Crippen molar-refractivity contribution in [3.05, 3.63) is 47.3 Å². The summed E-state index contributed by atoms with van der Waals surface area (Å²) in [5, 5.41) is 0. The maximum absolute atomic E-state index is 11.8. The normalized spacial score (nSPS) is 19.1. The van der Waals surface area contributed by atoms with E-state index >= 15 is 0 Å². The molecule has 0 amide bonds. The zero-order valence-corrected chi connectivity index (χ0v) is 10.3. The highest BCUT2D eigenvalue weighted by atomic mass is 35.5. The lowest BCUT2D eigenvalue weighted by Gasteiger charge is -2.16. The zero-order chi connectivity index (χ0) is 14.0. The lowest BCUT2D eigenvalue weighted by Crippen LogP contribution is -2.22.